The molecule has 0 aromatic carbocycles. The number of rotatable bonds is 1. The maximum Gasteiger partial charge on any atom is 0.218 e. The van der Waals surface area contributed by atoms with Crippen molar-refractivity contribution < 1.29 is 4.74 Å². The van der Waals surface area contributed by atoms with E-state index < -0.39 is 0 Å². The maximum absolute atomic E-state index is 5.37. The second kappa shape index (κ2) is 2.93. The zero-order valence-electron chi connectivity index (χ0n) is 6.95. The number of aliphatic imine (C=N–C) groups is 1. The largest absolute Gasteiger partial charge is 0.473 e. The number of hydrogen-bond donors (Lipinski definition) is 0. The molecular formula is C9H10N2O. The zero-order chi connectivity index (χ0) is 8.39. The SMILES string of the molecule is CCN=C1OCc2ccncc21. The van der Waals surface area contributed by atoms with Crippen LogP contribution in [0, 0.1) is 0 Å². The van der Waals surface area contributed by atoms with E-state index in [1.54, 1.807) is 12.4 Å². The molecule has 0 radical (unpaired) electrons. The first kappa shape index (κ1) is 7.28. The van der Waals surface area contributed by atoms with E-state index in [1.807, 2.05) is 13.0 Å². The Bertz CT molecular complexity index is 320. The predicted molar refractivity (Wildman–Crippen MR) is 46.1 cm³/mol. The van der Waals surface area contributed by atoms with Gasteiger partial charge >= 0.3 is 0 Å². The molecule has 12 heavy (non-hydrogen) atoms. The Balaban J connectivity index is 2.43. The minimum absolute atomic E-state index is 0.636. The van der Waals surface area contributed by atoms with Gasteiger partial charge in [-0.05, 0) is 13.0 Å². The normalized spacial score (nSPS) is 17.6. The van der Waals surface area contributed by atoms with E-state index in [2.05, 4.69) is 9.98 Å². The highest BCUT2D eigenvalue weighted by Gasteiger charge is 2.17. The van der Waals surface area contributed by atoms with Crippen LogP contribution in [0.5, 0.6) is 0 Å². The van der Waals surface area contributed by atoms with Crippen molar-refractivity contribution in [3.8, 4) is 0 Å². The summed E-state index contributed by atoms with van der Waals surface area (Å²) < 4.78 is 5.37. The summed E-state index contributed by atoms with van der Waals surface area (Å²) >= 11 is 0. The summed E-state index contributed by atoms with van der Waals surface area (Å²) in [5, 5.41) is 0. The second-order valence-corrected chi connectivity index (χ2v) is 2.60. The first-order valence-electron chi connectivity index (χ1n) is 4.02. The van der Waals surface area contributed by atoms with Crippen molar-refractivity contribution in [2.75, 3.05) is 6.54 Å². The van der Waals surface area contributed by atoms with Gasteiger partial charge in [-0.2, -0.15) is 0 Å². The minimum Gasteiger partial charge on any atom is -0.473 e. The molecule has 3 nitrogen and oxygen atoms in total. The van der Waals surface area contributed by atoms with Gasteiger partial charge in [0.2, 0.25) is 5.90 Å². The molecule has 0 spiro atoms. The lowest BCUT2D eigenvalue weighted by molar-refractivity contribution is 0.311. The smallest absolute Gasteiger partial charge is 0.218 e. The van der Waals surface area contributed by atoms with Crippen molar-refractivity contribution in [1.29, 1.82) is 0 Å². The summed E-state index contributed by atoms with van der Waals surface area (Å²) in [5.41, 5.74) is 2.22. The fourth-order valence-corrected chi connectivity index (χ4v) is 1.24. The Morgan fingerprint density at radius 2 is 2.58 bits per heavy atom. The van der Waals surface area contributed by atoms with Gasteiger partial charge in [0.1, 0.15) is 6.61 Å². The van der Waals surface area contributed by atoms with Gasteiger partial charge in [-0.25, -0.2) is 0 Å². The van der Waals surface area contributed by atoms with Crippen LogP contribution in [-0.4, -0.2) is 17.4 Å². The fourth-order valence-electron chi connectivity index (χ4n) is 1.24. The molecule has 0 saturated heterocycles. The quantitative estimate of drug-likeness (QED) is 0.625. The average Bonchev–Trinajstić information content (AvgIpc) is 2.50. The van der Waals surface area contributed by atoms with E-state index in [0.717, 1.165) is 18.0 Å². The molecule has 62 valence electrons. The Hall–Kier alpha value is -1.38. The topological polar surface area (TPSA) is 34.5 Å². The first-order valence-corrected chi connectivity index (χ1v) is 4.02. The molecule has 1 aromatic rings. The summed E-state index contributed by atoms with van der Waals surface area (Å²) in [6.07, 6.45) is 3.58. The molecule has 0 bridgehead atoms. The zero-order valence-corrected chi connectivity index (χ0v) is 6.95. The molecule has 1 aliphatic heterocycles. The van der Waals surface area contributed by atoms with Crippen LogP contribution in [0.25, 0.3) is 0 Å². The Labute approximate surface area is 71.1 Å². The van der Waals surface area contributed by atoms with Crippen LogP contribution in [0.4, 0.5) is 0 Å². The molecule has 3 heteroatoms. The third kappa shape index (κ3) is 1.07. The number of ether oxygens (including phenoxy) is 1. The highest BCUT2D eigenvalue weighted by Crippen LogP contribution is 2.18. The summed E-state index contributed by atoms with van der Waals surface area (Å²) in [6.45, 7) is 3.38. The van der Waals surface area contributed by atoms with Crippen LogP contribution >= 0.6 is 0 Å². The number of hydrogen-bond acceptors (Lipinski definition) is 3. The minimum atomic E-state index is 0.636. The first-order chi connectivity index (χ1) is 5.92. The second-order valence-electron chi connectivity index (χ2n) is 2.60. The van der Waals surface area contributed by atoms with Crippen molar-refractivity contribution in [2.45, 2.75) is 13.5 Å². The van der Waals surface area contributed by atoms with Crippen molar-refractivity contribution in [3.63, 3.8) is 0 Å². The molecule has 0 unspecified atom stereocenters. The summed E-state index contributed by atoms with van der Waals surface area (Å²) in [7, 11) is 0. The van der Waals surface area contributed by atoms with Gasteiger partial charge in [-0.1, -0.05) is 0 Å². The Morgan fingerprint density at radius 1 is 1.67 bits per heavy atom. The van der Waals surface area contributed by atoms with Crippen molar-refractivity contribution >= 4 is 5.90 Å². The molecule has 0 N–H and O–H groups in total. The van der Waals surface area contributed by atoms with Crippen molar-refractivity contribution in [1.82, 2.24) is 4.98 Å². The van der Waals surface area contributed by atoms with Crippen LogP contribution in [0.2, 0.25) is 0 Å². The number of nitrogens with zero attached hydrogens (tertiary/aromatic N) is 2. The number of fused-ring (bicyclic) bond motifs is 1. The Morgan fingerprint density at radius 3 is 3.42 bits per heavy atom. The standard InChI is InChI=1S/C9H10N2O/c1-2-11-9-8-5-10-4-3-7(8)6-12-9/h3-5H,2,6H2,1H3. The van der Waals surface area contributed by atoms with Crippen molar-refractivity contribution in [2.24, 2.45) is 4.99 Å². The van der Waals surface area contributed by atoms with E-state index in [0.29, 0.717) is 6.61 Å². The van der Waals surface area contributed by atoms with Gasteiger partial charge in [0, 0.05) is 24.5 Å². The fraction of sp³-hybridized carbons (Fsp3) is 0.333. The molecule has 1 aliphatic rings. The molecule has 1 aromatic heterocycles. The van der Waals surface area contributed by atoms with E-state index in [9.17, 15) is 0 Å². The predicted octanol–water partition coefficient (Wildman–Crippen LogP) is 1.38. The van der Waals surface area contributed by atoms with Gasteiger partial charge in [0.25, 0.3) is 0 Å². The van der Waals surface area contributed by atoms with Crippen molar-refractivity contribution in [3.05, 3.63) is 29.6 Å². The monoisotopic (exact) mass is 162 g/mol. The molecule has 0 aliphatic carbocycles. The van der Waals surface area contributed by atoms with Gasteiger partial charge in [0.15, 0.2) is 0 Å². The molecule has 0 atom stereocenters. The molecule has 0 saturated carbocycles. The Kier molecular flexibility index (Phi) is 1.78. The molecule has 2 heterocycles. The van der Waals surface area contributed by atoms with Gasteiger partial charge in [0.05, 0.1) is 5.56 Å². The van der Waals surface area contributed by atoms with Crippen LogP contribution < -0.4 is 0 Å². The van der Waals surface area contributed by atoms with E-state index in [4.69, 9.17) is 4.74 Å². The van der Waals surface area contributed by atoms with Crippen LogP contribution in [0.1, 0.15) is 18.1 Å². The average molecular weight is 162 g/mol. The molecule has 2 rings (SSSR count). The highest BCUT2D eigenvalue weighted by molar-refractivity contribution is 5.97. The number of pyridine rings is 1. The van der Waals surface area contributed by atoms with Gasteiger partial charge in [-0.15, -0.1) is 0 Å². The lowest BCUT2D eigenvalue weighted by Crippen LogP contribution is -1.98. The van der Waals surface area contributed by atoms with Gasteiger partial charge < -0.3 is 4.74 Å². The molecule has 0 amide bonds. The lowest BCUT2D eigenvalue weighted by Gasteiger charge is -1.95. The number of aromatic nitrogens is 1. The van der Waals surface area contributed by atoms with E-state index in [1.165, 1.54) is 5.56 Å². The summed E-state index contributed by atoms with van der Waals surface area (Å²) in [6, 6.07) is 1.97. The molecular weight excluding hydrogens is 152 g/mol. The maximum atomic E-state index is 5.37. The highest BCUT2D eigenvalue weighted by atomic mass is 16.5. The van der Waals surface area contributed by atoms with E-state index >= 15 is 0 Å². The molecule has 0 fully saturated rings. The van der Waals surface area contributed by atoms with Crippen LogP contribution in [-0.2, 0) is 11.3 Å². The third-order valence-corrected chi connectivity index (χ3v) is 1.81. The summed E-state index contributed by atoms with van der Waals surface area (Å²) in [4.78, 5) is 8.25. The van der Waals surface area contributed by atoms with Crippen LogP contribution in [0.15, 0.2) is 23.5 Å². The van der Waals surface area contributed by atoms with Gasteiger partial charge in [-0.3, -0.25) is 9.98 Å². The summed E-state index contributed by atoms with van der Waals surface area (Å²) in [5.74, 6) is 0.737. The van der Waals surface area contributed by atoms with Crippen LogP contribution in [0.3, 0.4) is 0 Å². The van der Waals surface area contributed by atoms with E-state index in [-0.39, 0.29) is 0 Å². The lowest BCUT2D eigenvalue weighted by atomic mass is 10.2. The third-order valence-electron chi connectivity index (χ3n) is 1.81.